The van der Waals surface area contributed by atoms with Crippen LogP contribution in [0.5, 0.6) is 0 Å². The molecular weight excluding hydrogens is 298 g/mol. The highest BCUT2D eigenvalue weighted by atomic mass is 32.2. The van der Waals surface area contributed by atoms with Crippen LogP contribution in [0.3, 0.4) is 0 Å². The summed E-state index contributed by atoms with van der Waals surface area (Å²) in [5.41, 5.74) is 0.387. The molecule has 0 unspecified atom stereocenters. The van der Waals surface area contributed by atoms with E-state index in [1.807, 2.05) is 0 Å². The SMILES string of the molecule is CN=C(NCC1(CC(C)C)CCC1)NCC(C)(C)S(C)(=O)=O. The van der Waals surface area contributed by atoms with E-state index in [0.29, 0.717) is 23.8 Å². The van der Waals surface area contributed by atoms with Crippen molar-refractivity contribution in [3.8, 4) is 0 Å². The van der Waals surface area contributed by atoms with Gasteiger partial charge in [-0.2, -0.15) is 0 Å². The summed E-state index contributed by atoms with van der Waals surface area (Å²) >= 11 is 0. The van der Waals surface area contributed by atoms with Gasteiger partial charge in [0.25, 0.3) is 0 Å². The first-order chi connectivity index (χ1) is 10.0. The predicted octanol–water partition coefficient (Wildman–Crippen LogP) is 2.19. The second-order valence-corrected chi connectivity index (χ2v) is 10.4. The van der Waals surface area contributed by atoms with Gasteiger partial charge in [0.05, 0.1) is 4.75 Å². The number of nitrogens with one attached hydrogen (secondary N) is 2. The van der Waals surface area contributed by atoms with E-state index < -0.39 is 14.6 Å². The Morgan fingerprint density at radius 2 is 1.86 bits per heavy atom. The molecule has 0 spiro atoms. The molecule has 0 saturated heterocycles. The lowest BCUT2D eigenvalue weighted by Gasteiger charge is -2.43. The van der Waals surface area contributed by atoms with Crippen LogP contribution in [-0.2, 0) is 9.84 Å². The molecule has 0 aromatic heterocycles. The molecule has 0 atom stereocenters. The standard InChI is InChI=1S/C16H33N3O2S/c1-13(2)10-16(8-7-9-16)12-19-14(17-5)18-11-15(3,4)22(6,20)21/h13H,7-12H2,1-6H3,(H2,17,18,19). The van der Waals surface area contributed by atoms with Gasteiger partial charge in [0.1, 0.15) is 0 Å². The maximum atomic E-state index is 11.7. The summed E-state index contributed by atoms with van der Waals surface area (Å²) < 4.78 is 22.7. The second kappa shape index (κ2) is 7.20. The Morgan fingerprint density at radius 1 is 1.27 bits per heavy atom. The monoisotopic (exact) mass is 331 g/mol. The average molecular weight is 332 g/mol. The van der Waals surface area contributed by atoms with Gasteiger partial charge in [-0.1, -0.05) is 20.3 Å². The fraction of sp³-hybridized carbons (Fsp3) is 0.938. The van der Waals surface area contributed by atoms with Crippen LogP contribution in [0.15, 0.2) is 4.99 Å². The molecule has 1 fully saturated rings. The zero-order chi connectivity index (χ0) is 17.0. The lowest BCUT2D eigenvalue weighted by Crippen LogP contribution is -2.51. The number of rotatable bonds is 7. The maximum Gasteiger partial charge on any atom is 0.191 e. The third kappa shape index (κ3) is 5.14. The molecule has 0 radical (unpaired) electrons. The Labute approximate surface area is 136 Å². The molecule has 0 aliphatic heterocycles. The van der Waals surface area contributed by atoms with Crippen molar-refractivity contribution < 1.29 is 8.42 Å². The number of nitrogens with zero attached hydrogens (tertiary/aromatic N) is 1. The number of hydrogen-bond donors (Lipinski definition) is 2. The van der Waals surface area contributed by atoms with Crippen molar-refractivity contribution in [2.24, 2.45) is 16.3 Å². The smallest absolute Gasteiger partial charge is 0.191 e. The molecule has 1 aliphatic rings. The van der Waals surface area contributed by atoms with Gasteiger partial charge < -0.3 is 10.6 Å². The van der Waals surface area contributed by atoms with E-state index in [2.05, 4.69) is 29.5 Å². The second-order valence-electron chi connectivity index (χ2n) is 7.76. The molecule has 0 heterocycles. The lowest BCUT2D eigenvalue weighted by molar-refractivity contribution is 0.104. The minimum atomic E-state index is -3.10. The topological polar surface area (TPSA) is 70.6 Å². The Morgan fingerprint density at radius 3 is 2.23 bits per heavy atom. The van der Waals surface area contributed by atoms with Crippen LogP contribution in [0.2, 0.25) is 0 Å². The van der Waals surface area contributed by atoms with Gasteiger partial charge in [-0.15, -0.1) is 0 Å². The number of sulfone groups is 1. The summed E-state index contributed by atoms with van der Waals surface area (Å²) in [6, 6.07) is 0. The van der Waals surface area contributed by atoms with E-state index in [-0.39, 0.29) is 0 Å². The fourth-order valence-corrected chi connectivity index (χ4v) is 3.25. The van der Waals surface area contributed by atoms with Gasteiger partial charge in [0.2, 0.25) is 0 Å². The molecule has 0 aromatic rings. The van der Waals surface area contributed by atoms with Crippen molar-refractivity contribution in [3.05, 3.63) is 0 Å². The van der Waals surface area contributed by atoms with Crippen LogP contribution in [0.4, 0.5) is 0 Å². The van der Waals surface area contributed by atoms with Crippen molar-refractivity contribution in [2.45, 2.75) is 58.1 Å². The first kappa shape index (κ1) is 19.3. The Balaban J connectivity index is 2.53. The minimum absolute atomic E-state index is 0.350. The molecule has 22 heavy (non-hydrogen) atoms. The van der Waals surface area contributed by atoms with E-state index >= 15 is 0 Å². The van der Waals surface area contributed by atoms with Crippen LogP contribution < -0.4 is 10.6 Å². The van der Waals surface area contributed by atoms with Crippen LogP contribution in [-0.4, -0.2) is 45.5 Å². The van der Waals surface area contributed by atoms with E-state index in [0.717, 1.165) is 6.54 Å². The molecule has 1 aliphatic carbocycles. The van der Waals surface area contributed by atoms with E-state index in [9.17, 15) is 8.42 Å². The fourth-order valence-electron chi connectivity index (χ4n) is 2.92. The molecule has 5 nitrogen and oxygen atoms in total. The molecule has 130 valence electrons. The summed E-state index contributed by atoms with van der Waals surface area (Å²) in [7, 11) is -1.38. The molecule has 0 aromatic carbocycles. The quantitative estimate of drug-likeness (QED) is 0.554. The maximum absolute atomic E-state index is 11.7. The van der Waals surface area contributed by atoms with E-state index in [1.165, 1.54) is 31.9 Å². The Kier molecular flexibility index (Phi) is 6.30. The first-order valence-corrected chi connectivity index (χ1v) is 10.0. The van der Waals surface area contributed by atoms with E-state index in [1.54, 1.807) is 20.9 Å². The summed E-state index contributed by atoms with van der Waals surface area (Å²) in [5.74, 6) is 1.38. The molecule has 2 N–H and O–H groups in total. The van der Waals surface area contributed by atoms with Crippen molar-refractivity contribution in [1.29, 1.82) is 0 Å². The van der Waals surface area contributed by atoms with Gasteiger partial charge in [-0.3, -0.25) is 4.99 Å². The van der Waals surface area contributed by atoms with Gasteiger partial charge in [-0.25, -0.2) is 8.42 Å². The van der Waals surface area contributed by atoms with Gasteiger partial charge in [-0.05, 0) is 44.4 Å². The molecule has 1 rings (SSSR count). The lowest BCUT2D eigenvalue weighted by atomic mass is 9.64. The molecule has 0 bridgehead atoms. The first-order valence-electron chi connectivity index (χ1n) is 8.15. The highest BCUT2D eigenvalue weighted by Gasteiger charge is 2.37. The highest BCUT2D eigenvalue weighted by Crippen LogP contribution is 2.45. The van der Waals surface area contributed by atoms with Gasteiger partial charge in [0, 0.05) is 26.4 Å². The molecule has 0 amide bonds. The highest BCUT2D eigenvalue weighted by molar-refractivity contribution is 7.92. The zero-order valence-electron chi connectivity index (χ0n) is 15.0. The van der Waals surface area contributed by atoms with E-state index in [4.69, 9.17) is 0 Å². The predicted molar refractivity (Wildman–Crippen MR) is 94.0 cm³/mol. The van der Waals surface area contributed by atoms with Crippen LogP contribution >= 0.6 is 0 Å². The van der Waals surface area contributed by atoms with Crippen LogP contribution in [0.25, 0.3) is 0 Å². The van der Waals surface area contributed by atoms with Gasteiger partial charge >= 0.3 is 0 Å². The third-order valence-corrected chi connectivity index (χ3v) is 6.95. The summed E-state index contributed by atoms with van der Waals surface area (Å²) in [6.45, 7) is 9.25. The third-order valence-electron chi connectivity index (χ3n) is 4.80. The number of hydrogen-bond acceptors (Lipinski definition) is 3. The van der Waals surface area contributed by atoms with Gasteiger partial charge in [0.15, 0.2) is 15.8 Å². The van der Waals surface area contributed by atoms with Crippen molar-refractivity contribution in [3.63, 3.8) is 0 Å². The number of aliphatic imine (C=N–C) groups is 1. The van der Waals surface area contributed by atoms with Crippen LogP contribution in [0, 0.1) is 11.3 Å². The molecule has 1 saturated carbocycles. The van der Waals surface area contributed by atoms with Crippen LogP contribution in [0.1, 0.15) is 53.4 Å². The minimum Gasteiger partial charge on any atom is -0.356 e. The van der Waals surface area contributed by atoms with Crippen molar-refractivity contribution in [1.82, 2.24) is 10.6 Å². The summed E-state index contributed by atoms with van der Waals surface area (Å²) in [6.07, 6.45) is 6.35. The zero-order valence-corrected chi connectivity index (χ0v) is 15.8. The molecule has 6 heteroatoms. The summed E-state index contributed by atoms with van der Waals surface area (Å²) in [5, 5.41) is 6.54. The molecular formula is C16H33N3O2S. The average Bonchev–Trinajstić information content (AvgIpc) is 2.33. The number of guanidine groups is 1. The normalized spacial score (nSPS) is 19.0. The Hall–Kier alpha value is -0.780. The summed E-state index contributed by atoms with van der Waals surface area (Å²) in [4.78, 5) is 4.21. The van der Waals surface area contributed by atoms with Crippen molar-refractivity contribution in [2.75, 3.05) is 26.4 Å². The largest absolute Gasteiger partial charge is 0.356 e. The Bertz CT molecular complexity index is 492. The van der Waals surface area contributed by atoms with Crippen molar-refractivity contribution >= 4 is 15.8 Å².